The highest BCUT2D eigenvalue weighted by Crippen LogP contribution is 2.29. The summed E-state index contributed by atoms with van der Waals surface area (Å²) in [6, 6.07) is 3.88. The molecular weight excluding hydrogens is 300 g/mol. The summed E-state index contributed by atoms with van der Waals surface area (Å²) in [7, 11) is 0. The summed E-state index contributed by atoms with van der Waals surface area (Å²) in [5.74, 6) is -0.357. The molecule has 1 unspecified atom stereocenters. The maximum atomic E-state index is 11.6. The van der Waals surface area contributed by atoms with E-state index in [9.17, 15) is 14.9 Å². The number of nitro benzene ring substituents is 1. The molecule has 1 aromatic rings. The minimum absolute atomic E-state index is 0.0761. The van der Waals surface area contributed by atoms with Crippen molar-refractivity contribution in [2.75, 3.05) is 13.2 Å². The lowest BCUT2D eigenvalue weighted by molar-refractivity contribution is -0.384. The number of non-ortho nitro benzene ring substituents is 1. The third-order valence-corrected chi connectivity index (χ3v) is 3.06. The summed E-state index contributed by atoms with van der Waals surface area (Å²) >= 11 is 5.89. The Hall–Kier alpha value is -1.86. The van der Waals surface area contributed by atoms with Gasteiger partial charge in [-0.1, -0.05) is 11.6 Å². The first-order valence-corrected chi connectivity index (χ1v) is 6.68. The van der Waals surface area contributed by atoms with Crippen LogP contribution in [0.1, 0.15) is 20.3 Å². The highest BCUT2D eigenvalue weighted by atomic mass is 35.5. The van der Waals surface area contributed by atoms with Gasteiger partial charge in [-0.15, -0.1) is 0 Å². The molecule has 0 aromatic heterocycles. The zero-order valence-corrected chi connectivity index (χ0v) is 12.6. The van der Waals surface area contributed by atoms with Crippen molar-refractivity contribution in [3.8, 4) is 5.75 Å². The van der Waals surface area contributed by atoms with Gasteiger partial charge < -0.3 is 15.2 Å². The summed E-state index contributed by atoms with van der Waals surface area (Å²) in [5.41, 5.74) is 4.51. The number of ether oxygens (including phenoxy) is 2. The molecule has 0 saturated heterocycles. The molecule has 0 aliphatic rings. The highest BCUT2D eigenvalue weighted by molar-refractivity contribution is 6.32. The number of nitro groups is 1. The van der Waals surface area contributed by atoms with Gasteiger partial charge in [0.25, 0.3) is 5.69 Å². The first-order chi connectivity index (χ1) is 9.77. The van der Waals surface area contributed by atoms with Crippen LogP contribution in [0.25, 0.3) is 0 Å². The van der Waals surface area contributed by atoms with Crippen molar-refractivity contribution >= 4 is 23.3 Å². The maximum absolute atomic E-state index is 11.6. The van der Waals surface area contributed by atoms with Crippen molar-refractivity contribution < 1.29 is 19.2 Å². The van der Waals surface area contributed by atoms with Gasteiger partial charge in [0.15, 0.2) is 0 Å². The van der Waals surface area contributed by atoms with Gasteiger partial charge in [0, 0.05) is 12.5 Å². The van der Waals surface area contributed by atoms with Crippen molar-refractivity contribution in [2.24, 2.45) is 5.73 Å². The lowest BCUT2D eigenvalue weighted by atomic mass is 10.0. The Morgan fingerprint density at radius 3 is 2.76 bits per heavy atom. The molecule has 0 amide bonds. The minimum Gasteiger partial charge on any atom is -0.492 e. The fourth-order valence-corrected chi connectivity index (χ4v) is 1.66. The van der Waals surface area contributed by atoms with Crippen LogP contribution in [0.3, 0.4) is 0 Å². The van der Waals surface area contributed by atoms with Crippen molar-refractivity contribution in [1.29, 1.82) is 0 Å². The van der Waals surface area contributed by atoms with E-state index in [4.69, 9.17) is 26.8 Å². The van der Waals surface area contributed by atoms with E-state index in [1.165, 1.54) is 25.1 Å². The topological polar surface area (TPSA) is 105 Å². The molecule has 1 rings (SSSR count). The van der Waals surface area contributed by atoms with E-state index in [1.807, 2.05) is 0 Å². The summed E-state index contributed by atoms with van der Waals surface area (Å²) in [5, 5.41) is 10.9. The van der Waals surface area contributed by atoms with E-state index in [1.54, 1.807) is 6.92 Å². The third-order valence-electron chi connectivity index (χ3n) is 2.75. The Morgan fingerprint density at radius 1 is 1.52 bits per heavy atom. The Bertz CT molecular complexity index is 533. The molecule has 0 bridgehead atoms. The fourth-order valence-electron chi connectivity index (χ4n) is 1.49. The first kappa shape index (κ1) is 17.2. The van der Waals surface area contributed by atoms with Gasteiger partial charge in [-0.05, 0) is 19.9 Å². The van der Waals surface area contributed by atoms with Crippen LogP contribution in [-0.4, -0.2) is 29.6 Å². The van der Waals surface area contributed by atoms with Crippen LogP contribution in [0.15, 0.2) is 18.2 Å². The molecule has 0 radical (unpaired) electrons. The molecule has 0 aliphatic heterocycles. The van der Waals surface area contributed by atoms with Gasteiger partial charge in [0.2, 0.25) is 0 Å². The summed E-state index contributed by atoms with van der Waals surface area (Å²) in [6.07, 6.45) is 0.185. The van der Waals surface area contributed by atoms with Crippen molar-refractivity contribution in [2.45, 2.75) is 25.8 Å². The molecule has 1 atom stereocenters. The van der Waals surface area contributed by atoms with E-state index in [0.29, 0.717) is 0 Å². The van der Waals surface area contributed by atoms with E-state index < -0.39 is 16.4 Å². The summed E-state index contributed by atoms with van der Waals surface area (Å²) < 4.78 is 10.2. The first-order valence-electron chi connectivity index (χ1n) is 6.30. The number of esters is 1. The predicted molar refractivity (Wildman–Crippen MR) is 77.4 cm³/mol. The average Bonchev–Trinajstić information content (AvgIpc) is 2.40. The number of rotatable bonds is 7. The second kappa shape index (κ2) is 7.24. The molecule has 0 saturated carbocycles. The van der Waals surface area contributed by atoms with Gasteiger partial charge in [-0.2, -0.15) is 0 Å². The molecule has 0 aliphatic carbocycles. The van der Waals surface area contributed by atoms with Crippen LogP contribution >= 0.6 is 11.6 Å². The fraction of sp³-hybridized carbons (Fsp3) is 0.462. The van der Waals surface area contributed by atoms with Crippen molar-refractivity contribution in [1.82, 2.24) is 0 Å². The van der Waals surface area contributed by atoms with Crippen LogP contribution < -0.4 is 10.5 Å². The molecule has 0 spiro atoms. The van der Waals surface area contributed by atoms with Crippen LogP contribution in [0, 0.1) is 10.1 Å². The summed E-state index contributed by atoms with van der Waals surface area (Å²) in [6.45, 7) is 3.53. The quantitative estimate of drug-likeness (QED) is 0.470. The van der Waals surface area contributed by atoms with Crippen LogP contribution in [0.4, 0.5) is 5.69 Å². The van der Waals surface area contributed by atoms with Gasteiger partial charge in [0.1, 0.15) is 11.3 Å². The number of carbonyl (C=O) groups is 1. The summed E-state index contributed by atoms with van der Waals surface area (Å²) in [4.78, 5) is 21.7. The molecule has 0 heterocycles. The molecule has 2 N–H and O–H groups in total. The Balaban J connectivity index is 2.65. The molecular formula is C13H17ClN2O5. The van der Waals surface area contributed by atoms with Crippen molar-refractivity contribution in [3.63, 3.8) is 0 Å². The number of hydrogen-bond donors (Lipinski definition) is 1. The minimum atomic E-state index is -1.19. The largest absolute Gasteiger partial charge is 0.492 e. The van der Waals surface area contributed by atoms with Gasteiger partial charge in [0.05, 0.1) is 29.2 Å². The van der Waals surface area contributed by atoms with Crippen LogP contribution in [0.2, 0.25) is 5.02 Å². The molecule has 8 heteroatoms. The molecule has 7 nitrogen and oxygen atoms in total. The maximum Gasteiger partial charge on any atom is 0.325 e. The van der Waals surface area contributed by atoms with Crippen LogP contribution in [0.5, 0.6) is 5.75 Å². The van der Waals surface area contributed by atoms with Gasteiger partial charge in [-0.3, -0.25) is 14.9 Å². The second-order valence-corrected chi connectivity index (χ2v) is 5.02. The van der Waals surface area contributed by atoms with Crippen molar-refractivity contribution in [3.05, 3.63) is 33.3 Å². The SMILES string of the molecule is CCOC(=O)C(C)(N)CCOc1cc([N+](=O)[O-])ccc1Cl. The van der Waals surface area contributed by atoms with Gasteiger partial charge >= 0.3 is 5.97 Å². The molecule has 1 aromatic carbocycles. The van der Waals surface area contributed by atoms with Gasteiger partial charge in [-0.25, -0.2) is 0 Å². The lowest BCUT2D eigenvalue weighted by Gasteiger charge is -2.22. The molecule has 21 heavy (non-hydrogen) atoms. The van der Waals surface area contributed by atoms with E-state index in [0.717, 1.165) is 0 Å². The smallest absolute Gasteiger partial charge is 0.325 e. The lowest BCUT2D eigenvalue weighted by Crippen LogP contribution is -2.47. The zero-order valence-electron chi connectivity index (χ0n) is 11.8. The number of hydrogen-bond acceptors (Lipinski definition) is 6. The molecule has 116 valence electrons. The van der Waals surface area contributed by atoms with Crippen LogP contribution in [-0.2, 0) is 9.53 Å². The van der Waals surface area contributed by atoms with E-state index in [2.05, 4.69) is 0 Å². The highest BCUT2D eigenvalue weighted by Gasteiger charge is 2.29. The number of halogens is 1. The molecule has 0 fully saturated rings. The second-order valence-electron chi connectivity index (χ2n) is 4.61. The monoisotopic (exact) mass is 316 g/mol. The third kappa shape index (κ3) is 4.87. The average molecular weight is 317 g/mol. The van der Waals surface area contributed by atoms with E-state index in [-0.39, 0.29) is 36.1 Å². The normalized spacial score (nSPS) is 13.3. The number of carbonyl (C=O) groups excluding carboxylic acids is 1. The predicted octanol–water partition coefficient (Wildman–Crippen LogP) is 2.30. The zero-order chi connectivity index (χ0) is 16.0. The number of nitrogens with zero attached hydrogens (tertiary/aromatic N) is 1. The Morgan fingerprint density at radius 2 is 2.19 bits per heavy atom. The Labute approximate surface area is 127 Å². The van der Waals surface area contributed by atoms with E-state index >= 15 is 0 Å². The standard InChI is InChI=1S/C13H17ClN2O5/c1-3-20-12(17)13(2,15)6-7-21-11-8-9(16(18)19)4-5-10(11)14/h4-5,8H,3,6-7,15H2,1-2H3. The number of benzene rings is 1. The number of nitrogens with two attached hydrogens (primary N) is 1. The Kier molecular flexibility index (Phi) is 5.92.